The predicted octanol–water partition coefficient (Wildman–Crippen LogP) is 0.558. The molecule has 5 atom stereocenters. The molecule has 16 nitrogen and oxygen atoms in total. The lowest BCUT2D eigenvalue weighted by Gasteiger charge is -2.30. The average molecular weight is 528 g/mol. The summed E-state index contributed by atoms with van der Waals surface area (Å²) in [4.78, 5) is 41.8. The maximum atomic E-state index is 12.3. The van der Waals surface area contributed by atoms with E-state index in [-0.39, 0.29) is 22.8 Å². The number of aliphatic hydroxyl groups excluding tert-OH is 1. The number of hydrogen-bond acceptors (Lipinski definition) is 12. The zero-order valence-electron chi connectivity index (χ0n) is 19.5. The molecule has 0 saturated carbocycles. The zero-order chi connectivity index (χ0) is 26.0. The fourth-order valence-corrected chi connectivity index (χ4v) is 4.76. The normalized spacial score (nSPS) is 26.5. The number of nitrogens with zero attached hydrogens (tertiary/aromatic N) is 6. The number of aromatic amines is 1. The van der Waals surface area contributed by atoms with Crippen molar-refractivity contribution >= 4 is 24.9 Å². The third-order valence-electron chi connectivity index (χ3n) is 5.82. The number of aromatic nitrogens is 4. The van der Waals surface area contributed by atoms with Crippen LogP contribution in [0, 0.1) is 0 Å². The van der Waals surface area contributed by atoms with Crippen LogP contribution in [-0.2, 0) is 18.6 Å². The highest BCUT2D eigenvalue weighted by molar-refractivity contribution is 7.46. The number of nitrogens with one attached hydrogen (secondary N) is 1. The van der Waals surface area contributed by atoms with Gasteiger partial charge >= 0.3 is 7.82 Å². The molecule has 198 valence electrons. The number of aliphatic hydroxyl groups is 1. The number of H-pyrrole nitrogens is 1. The van der Waals surface area contributed by atoms with Crippen LogP contribution >= 0.6 is 7.82 Å². The number of hydrogen-bond donors (Lipinski definition) is 5. The fourth-order valence-electron chi connectivity index (χ4n) is 4.18. The largest absolute Gasteiger partial charge is 0.470 e. The van der Waals surface area contributed by atoms with Crippen molar-refractivity contribution in [2.75, 3.05) is 18.9 Å². The van der Waals surface area contributed by atoms with Crippen molar-refractivity contribution in [1.82, 2.24) is 24.5 Å². The Morgan fingerprint density at radius 3 is 2.78 bits per heavy atom. The van der Waals surface area contributed by atoms with Crippen LogP contribution in [0.1, 0.15) is 38.8 Å². The van der Waals surface area contributed by atoms with Crippen LogP contribution in [0.25, 0.3) is 11.2 Å². The van der Waals surface area contributed by atoms with Gasteiger partial charge in [0.15, 0.2) is 23.6 Å². The minimum atomic E-state index is -5.04. The number of unbranched alkanes of at least 4 members (excludes halogenated alkanes) is 3. The van der Waals surface area contributed by atoms with Crippen molar-refractivity contribution < 1.29 is 33.5 Å². The van der Waals surface area contributed by atoms with Gasteiger partial charge in [0.05, 0.1) is 12.9 Å². The number of nitrogen functional groups attached to an aromatic ring is 1. The molecular formula is C19H29N8O8P. The maximum Gasteiger partial charge on any atom is 0.470 e. The Balaban J connectivity index is 1.69. The summed E-state index contributed by atoms with van der Waals surface area (Å²) in [5.74, 6) is -0.175. The molecule has 2 aliphatic heterocycles. The molecule has 1 fully saturated rings. The molecule has 4 heterocycles. The Bertz CT molecular complexity index is 1230. The molecule has 17 heteroatoms. The third kappa shape index (κ3) is 5.49. The highest BCUT2D eigenvalue weighted by atomic mass is 31.2. The number of phosphoric ester groups is 1. The van der Waals surface area contributed by atoms with Crippen LogP contribution in [0.2, 0.25) is 0 Å². The van der Waals surface area contributed by atoms with Gasteiger partial charge in [-0.05, 0) is 6.42 Å². The van der Waals surface area contributed by atoms with E-state index in [1.165, 1.54) is 10.9 Å². The fraction of sp³-hybridized carbons (Fsp3) is 0.632. The summed E-state index contributed by atoms with van der Waals surface area (Å²) < 4.78 is 30.2. The smallest absolute Gasteiger partial charge is 0.394 e. The molecule has 0 amide bonds. The summed E-state index contributed by atoms with van der Waals surface area (Å²) in [5.41, 5.74) is 5.37. The molecule has 6 N–H and O–H groups in total. The Labute approximate surface area is 205 Å². The van der Waals surface area contributed by atoms with E-state index >= 15 is 0 Å². The quantitative estimate of drug-likeness (QED) is 0.199. The lowest BCUT2D eigenvalue weighted by Crippen LogP contribution is -2.43. The standard InChI is InChI=1S/C19H29N8O8P/c1-3-4-5-6-7-27-17(10(2)24-25-27)34-14-13(35-36(30,31)32)11(8-28)33-18(14)26-9-21-12-15(26)22-19(20)23-16(12)29/h9,11,13-14,17-18,28H,2-8H2,1H3,(H2,30,31,32)(H3,20,22,23,29)/t11-,13-,14-,17?,18-/m1/s1. The first kappa shape index (κ1) is 26.3. The number of fused-ring (bicyclic) bond motifs is 1. The highest BCUT2D eigenvalue weighted by Gasteiger charge is 2.52. The van der Waals surface area contributed by atoms with E-state index in [0.29, 0.717) is 6.54 Å². The summed E-state index contributed by atoms with van der Waals surface area (Å²) in [6.07, 6.45) is -0.790. The molecule has 2 aromatic rings. The van der Waals surface area contributed by atoms with Crippen LogP contribution in [0.5, 0.6) is 0 Å². The van der Waals surface area contributed by atoms with Gasteiger partial charge in [-0.25, -0.2) is 14.6 Å². The first-order valence-electron chi connectivity index (χ1n) is 11.4. The molecule has 0 aromatic carbocycles. The van der Waals surface area contributed by atoms with Gasteiger partial charge in [-0.2, -0.15) is 4.98 Å². The van der Waals surface area contributed by atoms with E-state index < -0.39 is 50.8 Å². The molecule has 0 spiro atoms. The molecule has 4 rings (SSSR count). The first-order valence-corrected chi connectivity index (χ1v) is 12.9. The second-order valence-corrected chi connectivity index (χ2v) is 9.63. The molecule has 0 bridgehead atoms. The van der Waals surface area contributed by atoms with Crippen LogP contribution in [0.4, 0.5) is 5.95 Å². The minimum absolute atomic E-state index is 0.0411. The first-order chi connectivity index (χ1) is 17.1. The Hall–Kier alpha value is -2.72. The van der Waals surface area contributed by atoms with Crippen LogP contribution in [0.3, 0.4) is 0 Å². The van der Waals surface area contributed by atoms with Crippen LogP contribution < -0.4 is 11.3 Å². The second-order valence-electron chi connectivity index (χ2n) is 8.44. The Morgan fingerprint density at radius 2 is 2.08 bits per heavy atom. The monoisotopic (exact) mass is 528 g/mol. The lowest BCUT2D eigenvalue weighted by atomic mass is 10.1. The van der Waals surface area contributed by atoms with Gasteiger partial charge < -0.3 is 30.1 Å². The number of ether oxygens (including phenoxy) is 2. The highest BCUT2D eigenvalue weighted by Crippen LogP contribution is 2.46. The Kier molecular flexibility index (Phi) is 7.85. The van der Waals surface area contributed by atoms with E-state index in [4.69, 9.17) is 19.7 Å². The number of anilines is 1. The average Bonchev–Trinajstić information content (AvgIpc) is 3.47. The number of imidazole rings is 1. The SMILES string of the molecule is C=C1N=NN(CCCCCC)C1O[C@@H]1[C@H](OP(=O)(O)O)[C@@H](CO)O[C@H]1n1cnc2c(=O)[nH]c(N)nc21. The summed E-state index contributed by atoms with van der Waals surface area (Å²) >= 11 is 0. The summed E-state index contributed by atoms with van der Waals surface area (Å²) in [6.45, 7) is 5.81. The van der Waals surface area contributed by atoms with E-state index in [1.54, 1.807) is 5.01 Å². The van der Waals surface area contributed by atoms with Gasteiger partial charge in [0, 0.05) is 6.54 Å². The van der Waals surface area contributed by atoms with Crippen molar-refractivity contribution in [1.29, 1.82) is 0 Å². The van der Waals surface area contributed by atoms with Crippen molar-refractivity contribution in [3.05, 3.63) is 29.0 Å². The molecule has 1 unspecified atom stereocenters. The minimum Gasteiger partial charge on any atom is -0.394 e. The number of nitrogens with two attached hydrogens (primary N) is 1. The zero-order valence-corrected chi connectivity index (χ0v) is 20.4. The van der Waals surface area contributed by atoms with Gasteiger partial charge in [-0.15, -0.1) is 5.11 Å². The summed E-state index contributed by atoms with van der Waals surface area (Å²) in [7, 11) is -5.04. The summed E-state index contributed by atoms with van der Waals surface area (Å²) in [5, 5.41) is 19.6. The predicted molar refractivity (Wildman–Crippen MR) is 124 cm³/mol. The number of phosphoric acid groups is 1. The van der Waals surface area contributed by atoms with E-state index in [2.05, 4.69) is 38.8 Å². The Morgan fingerprint density at radius 1 is 1.31 bits per heavy atom. The summed E-state index contributed by atoms with van der Waals surface area (Å²) in [6, 6.07) is 0. The van der Waals surface area contributed by atoms with Crippen molar-refractivity contribution in [2.24, 2.45) is 10.3 Å². The van der Waals surface area contributed by atoms with Gasteiger partial charge in [0.1, 0.15) is 24.0 Å². The topological polar surface area (TPSA) is 223 Å². The molecular weight excluding hydrogens is 499 g/mol. The van der Waals surface area contributed by atoms with Gasteiger partial charge in [0.25, 0.3) is 5.56 Å². The van der Waals surface area contributed by atoms with E-state index in [0.717, 1.165) is 25.7 Å². The molecule has 36 heavy (non-hydrogen) atoms. The number of rotatable bonds is 11. The van der Waals surface area contributed by atoms with Crippen molar-refractivity contribution in [3.8, 4) is 0 Å². The third-order valence-corrected chi connectivity index (χ3v) is 6.34. The van der Waals surface area contributed by atoms with Gasteiger partial charge in [-0.1, -0.05) is 38.0 Å². The van der Waals surface area contributed by atoms with Crippen LogP contribution in [0.15, 0.2) is 33.7 Å². The molecule has 1 saturated heterocycles. The van der Waals surface area contributed by atoms with E-state index in [9.17, 15) is 24.3 Å². The maximum absolute atomic E-state index is 12.3. The van der Waals surface area contributed by atoms with Crippen LogP contribution in [-0.4, -0.2) is 77.1 Å². The van der Waals surface area contributed by atoms with Gasteiger partial charge in [-0.3, -0.25) is 18.9 Å². The van der Waals surface area contributed by atoms with Crippen molar-refractivity contribution in [2.45, 2.75) is 63.4 Å². The molecule has 2 aromatic heterocycles. The van der Waals surface area contributed by atoms with Gasteiger partial charge in [0.2, 0.25) is 5.95 Å². The van der Waals surface area contributed by atoms with Crippen molar-refractivity contribution in [3.63, 3.8) is 0 Å². The van der Waals surface area contributed by atoms with E-state index in [1.807, 2.05) is 0 Å². The molecule has 0 radical (unpaired) electrons. The lowest BCUT2D eigenvalue weighted by molar-refractivity contribution is -0.128. The molecule has 0 aliphatic carbocycles. The molecule has 2 aliphatic rings. The second kappa shape index (κ2) is 10.7.